The molecular formula is C12H15N3O2S. The number of nitrogens with zero attached hydrogens (tertiary/aromatic N) is 1. The summed E-state index contributed by atoms with van der Waals surface area (Å²) in [4.78, 5) is 0.125. The highest BCUT2D eigenvalue weighted by Crippen LogP contribution is 2.16. The zero-order valence-corrected chi connectivity index (χ0v) is 10.9. The Balaban J connectivity index is 2.14. The number of hydrogen-bond acceptors (Lipinski definition) is 3. The molecule has 0 atom stereocenters. The molecule has 2 aromatic rings. The van der Waals surface area contributed by atoms with Crippen molar-refractivity contribution in [3.63, 3.8) is 0 Å². The molecule has 1 aromatic heterocycles. The van der Waals surface area contributed by atoms with Crippen LogP contribution in [0, 0.1) is 0 Å². The molecule has 0 aliphatic carbocycles. The molecule has 5 nitrogen and oxygen atoms in total. The van der Waals surface area contributed by atoms with Gasteiger partial charge in [0.1, 0.15) is 4.90 Å². The Morgan fingerprint density at radius 3 is 2.56 bits per heavy atom. The summed E-state index contributed by atoms with van der Waals surface area (Å²) in [6.07, 6.45) is 4.68. The van der Waals surface area contributed by atoms with Crippen molar-refractivity contribution in [2.45, 2.75) is 24.7 Å². The fraction of sp³-hybridized carbons (Fsp3) is 0.250. The van der Waals surface area contributed by atoms with Crippen molar-refractivity contribution >= 4 is 15.7 Å². The molecule has 0 amide bonds. The van der Waals surface area contributed by atoms with Gasteiger partial charge in [0.05, 0.1) is 6.20 Å². The van der Waals surface area contributed by atoms with E-state index in [-0.39, 0.29) is 4.90 Å². The Kier molecular flexibility index (Phi) is 3.66. The highest BCUT2D eigenvalue weighted by atomic mass is 32.2. The summed E-state index contributed by atoms with van der Waals surface area (Å²) in [6.45, 7) is 2.11. The summed E-state index contributed by atoms with van der Waals surface area (Å²) >= 11 is 0. The number of aryl methyl sites for hydroxylation is 1. The number of rotatable bonds is 5. The number of aromatic nitrogens is 2. The number of H-pyrrole nitrogens is 1. The minimum atomic E-state index is -3.54. The summed E-state index contributed by atoms with van der Waals surface area (Å²) in [5.41, 5.74) is 1.75. The molecule has 0 unspecified atom stereocenters. The molecule has 0 bridgehead atoms. The van der Waals surface area contributed by atoms with Crippen LogP contribution in [-0.4, -0.2) is 18.6 Å². The second kappa shape index (κ2) is 5.22. The summed E-state index contributed by atoms with van der Waals surface area (Å²) in [7, 11) is -3.54. The van der Waals surface area contributed by atoms with Gasteiger partial charge in [-0.15, -0.1) is 0 Å². The number of sulfonamides is 1. The van der Waals surface area contributed by atoms with Gasteiger partial charge >= 0.3 is 0 Å². The van der Waals surface area contributed by atoms with E-state index in [0.29, 0.717) is 5.69 Å². The first-order valence-corrected chi connectivity index (χ1v) is 7.20. The minimum absolute atomic E-state index is 0.125. The molecule has 18 heavy (non-hydrogen) atoms. The standard InChI is InChI=1S/C12H15N3O2S/c1-2-3-10-4-6-11(7-5-10)15-18(16,17)12-8-13-14-9-12/h4-9,15H,2-3H2,1H3,(H,13,14). The zero-order valence-electron chi connectivity index (χ0n) is 10.1. The van der Waals surface area contributed by atoms with Crippen LogP contribution in [0.1, 0.15) is 18.9 Å². The molecule has 6 heteroatoms. The van der Waals surface area contributed by atoms with E-state index in [1.807, 2.05) is 12.1 Å². The van der Waals surface area contributed by atoms with Crippen LogP contribution >= 0.6 is 0 Å². The number of hydrogen-bond donors (Lipinski definition) is 2. The summed E-state index contributed by atoms with van der Waals surface area (Å²) in [5, 5.41) is 6.10. The first-order valence-electron chi connectivity index (χ1n) is 5.72. The fourth-order valence-electron chi connectivity index (χ4n) is 1.63. The van der Waals surface area contributed by atoms with Crippen molar-refractivity contribution in [2.75, 3.05) is 4.72 Å². The monoisotopic (exact) mass is 265 g/mol. The lowest BCUT2D eigenvalue weighted by molar-refractivity contribution is 0.601. The van der Waals surface area contributed by atoms with Crippen LogP contribution in [0.5, 0.6) is 0 Å². The van der Waals surface area contributed by atoms with Crippen molar-refractivity contribution in [3.05, 3.63) is 42.2 Å². The largest absolute Gasteiger partial charge is 0.284 e. The van der Waals surface area contributed by atoms with Gasteiger partial charge in [0.2, 0.25) is 0 Å². The van der Waals surface area contributed by atoms with E-state index < -0.39 is 10.0 Å². The Labute approximate surface area is 106 Å². The maximum absolute atomic E-state index is 11.9. The van der Waals surface area contributed by atoms with E-state index in [9.17, 15) is 8.42 Å². The lowest BCUT2D eigenvalue weighted by atomic mass is 10.1. The maximum Gasteiger partial charge on any atom is 0.265 e. The maximum atomic E-state index is 11.9. The Morgan fingerprint density at radius 1 is 1.28 bits per heavy atom. The quantitative estimate of drug-likeness (QED) is 0.870. The molecule has 96 valence electrons. The Bertz CT molecular complexity index is 589. The van der Waals surface area contributed by atoms with E-state index in [1.54, 1.807) is 12.1 Å². The second-order valence-electron chi connectivity index (χ2n) is 3.99. The topological polar surface area (TPSA) is 74.8 Å². The molecule has 0 fully saturated rings. The van der Waals surface area contributed by atoms with Gasteiger partial charge in [-0.1, -0.05) is 25.5 Å². The third-order valence-electron chi connectivity index (χ3n) is 2.53. The predicted molar refractivity (Wildman–Crippen MR) is 69.8 cm³/mol. The molecule has 0 aliphatic rings. The molecule has 0 radical (unpaired) electrons. The highest BCUT2D eigenvalue weighted by molar-refractivity contribution is 7.92. The molecule has 0 spiro atoms. The molecular weight excluding hydrogens is 250 g/mol. The van der Waals surface area contributed by atoms with Crippen LogP contribution < -0.4 is 4.72 Å². The number of anilines is 1. The van der Waals surface area contributed by atoms with E-state index in [1.165, 1.54) is 18.0 Å². The Morgan fingerprint density at radius 2 is 2.00 bits per heavy atom. The van der Waals surface area contributed by atoms with E-state index >= 15 is 0 Å². The summed E-state index contributed by atoms with van der Waals surface area (Å²) in [6, 6.07) is 7.39. The van der Waals surface area contributed by atoms with Crippen molar-refractivity contribution in [1.29, 1.82) is 0 Å². The van der Waals surface area contributed by atoms with Gasteiger partial charge < -0.3 is 0 Å². The van der Waals surface area contributed by atoms with Gasteiger partial charge in [-0.3, -0.25) is 9.82 Å². The number of nitrogens with one attached hydrogen (secondary N) is 2. The third-order valence-corrected chi connectivity index (χ3v) is 3.88. The normalized spacial score (nSPS) is 11.4. The molecule has 0 saturated heterocycles. The van der Waals surface area contributed by atoms with Gasteiger partial charge in [0, 0.05) is 11.9 Å². The van der Waals surface area contributed by atoms with Crippen molar-refractivity contribution in [1.82, 2.24) is 10.2 Å². The zero-order chi connectivity index (χ0) is 13.0. The van der Waals surface area contributed by atoms with E-state index in [0.717, 1.165) is 12.8 Å². The first-order chi connectivity index (χ1) is 8.62. The van der Waals surface area contributed by atoms with Gasteiger partial charge in [0.15, 0.2) is 0 Å². The van der Waals surface area contributed by atoms with Gasteiger partial charge in [-0.25, -0.2) is 8.42 Å². The molecule has 1 aromatic carbocycles. The van der Waals surface area contributed by atoms with Crippen LogP contribution in [0.15, 0.2) is 41.6 Å². The van der Waals surface area contributed by atoms with Crippen molar-refractivity contribution < 1.29 is 8.42 Å². The van der Waals surface area contributed by atoms with Crippen molar-refractivity contribution in [3.8, 4) is 0 Å². The summed E-state index contributed by atoms with van der Waals surface area (Å²) in [5.74, 6) is 0. The Hall–Kier alpha value is -1.82. The lowest BCUT2D eigenvalue weighted by Gasteiger charge is -2.06. The van der Waals surface area contributed by atoms with Crippen molar-refractivity contribution in [2.24, 2.45) is 0 Å². The molecule has 2 rings (SSSR count). The van der Waals surface area contributed by atoms with Crippen LogP contribution in [0.3, 0.4) is 0 Å². The molecule has 1 heterocycles. The van der Waals surface area contributed by atoms with E-state index in [4.69, 9.17) is 0 Å². The average Bonchev–Trinajstić information content (AvgIpc) is 2.86. The SMILES string of the molecule is CCCc1ccc(NS(=O)(=O)c2cn[nH]c2)cc1. The predicted octanol–water partition coefficient (Wildman–Crippen LogP) is 2.16. The molecule has 0 aliphatic heterocycles. The van der Waals surface area contributed by atoms with Crippen LogP contribution in [-0.2, 0) is 16.4 Å². The molecule has 2 N–H and O–H groups in total. The van der Waals surface area contributed by atoms with Gasteiger partial charge in [-0.05, 0) is 24.1 Å². The third kappa shape index (κ3) is 2.89. The van der Waals surface area contributed by atoms with Gasteiger partial charge in [-0.2, -0.15) is 5.10 Å². The van der Waals surface area contributed by atoms with E-state index in [2.05, 4.69) is 21.8 Å². The highest BCUT2D eigenvalue weighted by Gasteiger charge is 2.14. The minimum Gasteiger partial charge on any atom is -0.284 e. The lowest BCUT2D eigenvalue weighted by Crippen LogP contribution is -2.12. The van der Waals surface area contributed by atoms with Crippen LogP contribution in [0.4, 0.5) is 5.69 Å². The second-order valence-corrected chi connectivity index (χ2v) is 5.67. The van der Waals surface area contributed by atoms with Gasteiger partial charge in [0.25, 0.3) is 10.0 Å². The fourth-order valence-corrected chi connectivity index (χ4v) is 2.59. The number of aromatic amines is 1. The average molecular weight is 265 g/mol. The van der Waals surface area contributed by atoms with Crippen LogP contribution in [0.2, 0.25) is 0 Å². The first kappa shape index (κ1) is 12.6. The van der Waals surface area contributed by atoms with Crippen LogP contribution in [0.25, 0.3) is 0 Å². The smallest absolute Gasteiger partial charge is 0.265 e. The number of benzene rings is 1. The summed E-state index contributed by atoms with van der Waals surface area (Å²) < 4.78 is 26.3. The molecule has 0 saturated carbocycles.